The third-order valence-electron chi connectivity index (χ3n) is 2.37. The van der Waals surface area contributed by atoms with Gasteiger partial charge < -0.3 is 15.6 Å². The van der Waals surface area contributed by atoms with Crippen molar-refractivity contribution in [1.29, 1.82) is 0 Å². The first-order chi connectivity index (χ1) is 8.47. The molecule has 2 rings (SSSR count). The lowest BCUT2D eigenvalue weighted by atomic mass is 10.2. The number of carbonyl (C=O) groups is 2. The number of rotatable bonds is 3. The fourth-order valence-corrected chi connectivity index (χ4v) is 2.36. The highest BCUT2D eigenvalue weighted by atomic mass is 32.1. The van der Waals surface area contributed by atoms with Gasteiger partial charge in [-0.3, -0.25) is 0 Å². The predicted octanol–water partition coefficient (Wildman–Crippen LogP) is 2.11. The van der Waals surface area contributed by atoms with Crippen molar-refractivity contribution in [3.05, 3.63) is 29.1 Å². The summed E-state index contributed by atoms with van der Waals surface area (Å²) >= 11 is 1.24. The minimum atomic E-state index is -1.17. The first-order valence-electron chi connectivity index (χ1n) is 5.20. The maximum Gasteiger partial charge on any atom is 0.349 e. The fraction of sp³-hybridized carbons (Fsp3) is 0.167. The number of carbonyl (C=O) groups excluding carboxylic acids is 1. The van der Waals surface area contributed by atoms with Crippen LogP contribution in [0.5, 0.6) is 0 Å². The Kier molecular flexibility index (Phi) is 3.20. The molecule has 3 N–H and O–H groups in total. The number of carboxylic acid groups (broad SMARTS) is 1. The largest absolute Gasteiger partial charge is 0.479 e. The number of ether oxygens (including phenoxy) is 1. The van der Waals surface area contributed by atoms with E-state index in [0.717, 1.165) is 10.1 Å². The van der Waals surface area contributed by atoms with Crippen molar-refractivity contribution in [2.45, 2.75) is 13.0 Å². The molecule has 1 atom stereocenters. The van der Waals surface area contributed by atoms with Gasteiger partial charge in [-0.25, -0.2) is 9.59 Å². The summed E-state index contributed by atoms with van der Waals surface area (Å²) in [6.45, 7) is 1.31. The van der Waals surface area contributed by atoms with E-state index in [1.807, 2.05) is 6.07 Å². The van der Waals surface area contributed by atoms with Crippen LogP contribution in [0.25, 0.3) is 10.1 Å². The number of benzene rings is 1. The molecule has 0 radical (unpaired) electrons. The number of hydrogen-bond donors (Lipinski definition) is 2. The van der Waals surface area contributed by atoms with Crippen LogP contribution in [0, 0.1) is 0 Å². The Bertz CT molecular complexity index is 620. The van der Waals surface area contributed by atoms with Gasteiger partial charge >= 0.3 is 11.9 Å². The van der Waals surface area contributed by atoms with Gasteiger partial charge in [0, 0.05) is 10.4 Å². The zero-order valence-corrected chi connectivity index (χ0v) is 10.4. The molecule has 18 heavy (non-hydrogen) atoms. The smallest absolute Gasteiger partial charge is 0.349 e. The summed E-state index contributed by atoms with van der Waals surface area (Å²) < 4.78 is 5.70. The highest BCUT2D eigenvalue weighted by Crippen LogP contribution is 2.27. The number of carboxylic acids is 1. The van der Waals surface area contributed by atoms with Crippen LogP contribution in [0.15, 0.2) is 24.3 Å². The maximum absolute atomic E-state index is 11.7. The van der Waals surface area contributed by atoms with E-state index in [9.17, 15) is 9.59 Å². The maximum atomic E-state index is 11.7. The van der Waals surface area contributed by atoms with Gasteiger partial charge in [0.15, 0.2) is 6.10 Å². The lowest BCUT2D eigenvalue weighted by Crippen LogP contribution is -2.23. The molecule has 0 saturated carbocycles. The summed E-state index contributed by atoms with van der Waals surface area (Å²) in [6, 6.07) is 6.96. The van der Waals surface area contributed by atoms with Crippen LogP contribution in [-0.4, -0.2) is 23.1 Å². The topological polar surface area (TPSA) is 89.6 Å². The van der Waals surface area contributed by atoms with E-state index in [1.54, 1.807) is 18.2 Å². The van der Waals surface area contributed by atoms with Crippen LogP contribution in [0.4, 0.5) is 5.69 Å². The minimum absolute atomic E-state index is 0.365. The van der Waals surface area contributed by atoms with Gasteiger partial charge in [0.25, 0.3) is 0 Å². The summed E-state index contributed by atoms with van der Waals surface area (Å²) in [4.78, 5) is 22.7. The zero-order valence-electron chi connectivity index (χ0n) is 9.54. The van der Waals surface area contributed by atoms with Crippen molar-refractivity contribution in [3.8, 4) is 0 Å². The Morgan fingerprint density at radius 1 is 1.39 bits per heavy atom. The van der Waals surface area contributed by atoms with Crippen molar-refractivity contribution in [1.82, 2.24) is 0 Å². The summed E-state index contributed by atoms with van der Waals surface area (Å²) in [6.07, 6.45) is -1.16. The Hall–Kier alpha value is -2.08. The van der Waals surface area contributed by atoms with Crippen molar-refractivity contribution in [2.75, 3.05) is 5.73 Å². The van der Waals surface area contributed by atoms with Crippen LogP contribution in [0.2, 0.25) is 0 Å². The van der Waals surface area contributed by atoms with Gasteiger partial charge in [-0.2, -0.15) is 0 Å². The highest BCUT2D eigenvalue weighted by Gasteiger charge is 2.19. The SMILES string of the molecule is CC(OC(=O)c1cc2cc(N)ccc2s1)C(=O)O. The zero-order chi connectivity index (χ0) is 13.3. The number of nitrogen functional groups attached to an aromatic ring is 1. The number of fused-ring (bicyclic) bond motifs is 1. The molecule has 1 unspecified atom stereocenters. The molecular weight excluding hydrogens is 254 g/mol. The average molecular weight is 265 g/mol. The third-order valence-corrected chi connectivity index (χ3v) is 3.47. The van der Waals surface area contributed by atoms with Crippen LogP contribution in [-0.2, 0) is 9.53 Å². The Morgan fingerprint density at radius 3 is 2.78 bits per heavy atom. The van der Waals surface area contributed by atoms with Gasteiger partial charge in [0.1, 0.15) is 4.88 Å². The number of anilines is 1. The standard InChI is InChI=1S/C12H11NO4S/c1-6(11(14)15)17-12(16)10-5-7-4-8(13)2-3-9(7)18-10/h2-6H,13H2,1H3,(H,14,15). The highest BCUT2D eigenvalue weighted by molar-refractivity contribution is 7.20. The molecule has 0 spiro atoms. The van der Waals surface area contributed by atoms with Gasteiger partial charge in [-0.1, -0.05) is 0 Å². The molecular formula is C12H11NO4S. The molecule has 1 aromatic carbocycles. The second-order valence-electron chi connectivity index (χ2n) is 3.79. The van der Waals surface area contributed by atoms with Crippen LogP contribution in [0.1, 0.15) is 16.6 Å². The van der Waals surface area contributed by atoms with E-state index in [4.69, 9.17) is 15.6 Å². The first kappa shape index (κ1) is 12.4. The number of esters is 1. The first-order valence-corrected chi connectivity index (χ1v) is 6.02. The second-order valence-corrected chi connectivity index (χ2v) is 4.88. The van der Waals surface area contributed by atoms with E-state index in [-0.39, 0.29) is 0 Å². The van der Waals surface area contributed by atoms with Crippen LogP contribution in [0.3, 0.4) is 0 Å². The van der Waals surface area contributed by atoms with Crippen molar-refractivity contribution >= 4 is 39.0 Å². The van der Waals surface area contributed by atoms with E-state index >= 15 is 0 Å². The molecule has 94 valence electrons. The molecule has 0 fully saturated rings. The Morgan fingerprint density at radius 2 is 2.11 bits per heavy atom. The molecule has 0 bridgehead atoms. The van der Waals surface area contributed by atoms with Crippen LogP contribution >= 0.6 is 11.3 Å². The summed E-state index contributed by atoms with van der Waals surface area (Å²) in [5.74, 6) is -1.81. The van der Waals surface area contributed by atoms with E-state index < -0.39 is 18.0 Å². The molecule has 1 aromatic heterocycles. The predicted molar refractivity (Wildman–Crippen MR) is 68.8 cm³/mol. The Labute approximate surface area is 107 Å². The molecule has 0 amide bonds. The number of hydrogen-bond acceptors (Lipinski definition) is 5. The van der Waals surface area contributed by atoms with Gasteiger partial charge in [-0.15, -0.1) is 11.3 Å². The molecule has 0 aliphatic rings. The van der Waals surface area contributed by atoms with E-state index in [2.05, 4.69) is 0 Å². The molecule has 2 aromatic rings. The summed E-state index contributed by atoms with van der Waals surface area (Å²) in [7, 11) is 0. The van der Waals surface area contributed by atoms with E-state index in [1.165, 1.54) is 18.3 Å². The number of aliphatic carboxylic acids is 1. The fourth-order valence-electron chi connectivity index (χ4n) is 1.43. The van der Waals surface area contributed by atoms with Crippen molar-refractivity contribution < 1.29 is 19.4 Å². The normalized spacial score (nSPS) is 12.3. The van der Waals surface area contributed by atoms with E-state index in [0.29, 0.717) is 10.6 Å². The molecule has 0 aliphatic heterocycles. The summed E-state index contributed by atoms with van der Waals surface area (Å²) in [5.41, 5.74) is 6.25. The number of thiophene rings is 1. The molecule has 0 aliphatic carbocycles. The lowest BCUT2D eigenvalue weighted by Gasteiger charge is -2.06. The monoisotopic (exact) mass is 265 g/mol. The van der Waals surface area contributed by atoms with Crippen LogP contribution < -0.4 is 5.73 Å². The minimum Gasteiger partial charge on any atom is -0.479 e. The summed E-state index contributed by atoms with van der Waals surface area (Å²) in [5, 5.41) is 9.51. The Balaban J connectivity index is 2.26. The quantitative estimate of drug-likeness (QED) is 0.655. The molecule has 1 heterocycles. The van der Waals surface area contributed by atoms with Gasteiger partial charge in [-0.05, 0) is 36.6 Å². The average Bonchev–Trinajstić information content (AvgIpc) is 2.71. The third kappa shape index (κ3) is 2.43. The molecule has 5 nitrogen and oxygen atoms in total. The lowest BCUT2D eigenvalue weighted by molar-refractivity contribution is -0.146. The molecule has 6 heteroatoms. The second kappa shape index (κ2) is 4.66. The molecule has 0 saturated heterocycles. The van der Waals surface area contributed by atoms with Gasteiger partial charge in [0.2, 0.25) is 0 Å². The number of nitrogens with two attached hydrogens (primary N) is 1. The van der Waals surface area contributed by atoms with Crippen molar-refractivity contribution in [3.63, 3.8) is 0 Å². The van der Waals surface area contributed by atoms with Crippen molar-refractivity contribution in [2.24, 2.45) is 0 Å². The van der Waals surface area contributed by atoms with Gasteiger partial charge in [0.05, 0.1) is 0 Å².